The lowest BCUT2D eigenvalue weighted by Crippen LogP contribution is -2.11. The lowest BCUT2D eigenvalue weighted by molar-refractivity contribution is 0.832. The minimum Gasteiger partial charge on any atom is -0.364 e. The molecule has 0 spiro atoms. The van der Waals surface area contributed by atoms with Crippen molar-refractivity contribution in [3.05, 3.63) is 35.5 Å². The Morgan fingerprint density at radius 1 is 1.38 bits per heavy atom. The Morgan fingerprint density at radius 2 is 2.31 bits per heavy atom. The fraction of sp³-hybridized carbons (Fsp3) is 0.333. The molecule has 0 aliphatic heterocycles. The molecule has 0 atom stereocenters. The summed E-state index contributed by atoms with van der Waals surface area (Å²) < 4.78 is 0. The van der Waals surface area contributed by atoms with E-state index < -0.39 is 0 Å². The summed E-state index contributed by atoms with van der Waals surface area (Å²) >= 11 is 0. The van der Waals surface area contributed by atoms with Crippen LogP contribution in [0.15, 0.2) is 18.5 Å². The monoisotopic (exact) mass is 214 g/mol. The quantitative estimate of drug-likeness (QED) is 0.785. The molecule has 0 saturated heterocycles. The fourth-order valence-electron chi connectivity index (χ4n) is 2.19. The van der Waals surface area contributed by atoms with E-state index in [9.17, 15) is 0 Å². The van der Waals surface area contributed by atoms with Crippen molar-refractivity contribution in [3.8, 4) is 11.3 Å². The number of fused-ring (bicyclic) bond motifs is 3. The molecule has 0 unspecified atom stereocenters. The normalized spacial score (nSPS) is 13.3. The van der Waals surface area contributed by atoms with E-state index in [0.29, 0.717) is 6.54 Å². The van der Waals surface area contributed by atoms with Crippen LogP contribution in [-0.2, 0) is 19.3 Å². The number of nitrogens with one attached hydrogen (secondary N) is 1. The first-order chi connectivity index (χ1) is 7.88. The van der Waals surface area contributed by atoms with E-state index in [1.165, 1.54) is 11.3 Å². The minimum absolute atomic E-state index is 0.619. The second kappa shape index (κ2) is 3.72. The number of nitrogens with two attached hydrogens (primary N) is 1. The van der Waals surface area contributed by atoms with Crippen molar-refractivity contribution < 1.29 is 0 Å². The van der Waals surface area contributed by atoms with Gasteiger partial charge in [0.15, 0.2) is 0 Å². The van der Waals surface area contributed by atoms with E-state index in [1.54, 1.807) is 0 Å². The second-order valence-electron chi connectivity index (χ2n) is 4.07. The van der Waals surface area contributed by atoms with Gasteiger partial charge in [-0.2, -0.15) is 0 Å². The molecular formula is C12H14N4. The first-order valence-electron chi connectivity index (χ1n) is 5.60. The van der Waals surface area contributed by atoms with Crippen molar-refractivity contribution in [2.45, 2.75) is 19.3 Å². The summed E-state index contributed by atoms with van der Waals surface area (Å²) in [6.07, 6.45) is 6.61. The molecule has 4 nitrogen and oxygen atoms in total. The Balaban J connectivity index is 2.11. The van der Waals surface area contributed by atoms with Crippen LogP contribution < -0.4 is 5.73 Å². The molecule has 82 valence electrons. The van der Waals surface area contributed by atoms with Gasteiger partial charge in [0.05, 0.1) is 17.1 Å². The predicted octanol–water partition coefficient (Wildman–Crippen LogP) is 1.07. The highest BCUT2D eigenvalue weighted by molar-refractivity contribution is 5.66. The SMILES string of the molecule is NCCc1cnc2c(n1)-c1cc[nH]c1CC2. The predicted molar refractivity (Wildman–Crippen MR) is 62.0 cm³/mol. The fourth-order valence-corrected chi connectivity index (χ4v) is 2.19. The van der Waals surface area contributed by atoms with Crippen LogP contribution >= 0.6 is 0 Å². The molecule has 1 aliphatic rings. The third-order valence-electron chi connectivity index (χ3n) is 3.00. The summed E-state index contributed by atoms with van der Waals surface area (Å²) in [6.45, 7) is 0.619. The number of H-pyrrole nitrogens is 1. The molecule has 0 saturated carbocycles. The average molecular weight is 214 g/mol. The summed E-state index contributed by atoms with van der Waals surface area (Å²) in [5.41, 5.74) is 11.1. The number of aromatic nitrogens is 3. The summed E-state index contributed by atoms with van der Waals surface area (Å²) in [7, 11) is 0. The van der Waals surface area contributed by atoms with Gasteiger partial charge in [0.25, 0.3) is 0 Å². The van der Waals surface area contributed by atoms with Gasteiger partial charge in [0, 0.05) is 30.1 Å². The molecule has 0 bridgehead atoms. The third-order valence-corrected chi connectivity index (χ3v) is 3.00. The molecule has 16 heavy (non-hydrogen) atoms. The molecule has 3 N–H and O–H groups in total. The summed E-state index contributed by atoms with van der Waals surface area (Å²) in [5.74, 6) is 0. The van der Waals surface area contributed by atoms with Crippen molar-refractivity contribution >= 4 is 0 Å². The molecule has 4 heteroatoms. The van der Waals surface area contributed by atoms with Crippen LogP contribution in [0.2, 0.25) is 0 Å². The maximum Gasteiger partial charge on any atom is 0.0938 e. The van der Waals surface area contributed by atoms with Gasteiger partial charge >= 0.3 is 0 Å². The van der Waals surface area contributed by atoms with Crippen LogP contribution in [-0.4, -0.2) is 21.5 Å². The molecule has 2 aromatic heterocycles. The van der Waals surface area contributed by atoms with Gasteiger partial charge < -0.3 is 10.7 Å². The van der Waals surface area contributed by atoms with Crippen molar-refractivity contribution in [1.29, 1.82) is 0 Å². The van der Waals surface area contributed by atoms with Crippen molar-refractivity contribution in [2.24, 2.45) is 5.73 Å². The van der Waals surface area contributed by atoms with Crippen LogP contribution in [0.25, 0.3) is 11.3 Å². The first kappa shape index (κ1) is 9.54. The maximum atomic E-state index is 5.54. The number of rotatable bonds is 2. The molecule has 2 heterocycles. The zero-order valence-electron chi connectivity index (χ0n) is 9.03. The van der Waals surface area contributed by atoms with E-state index in [2.05, 4.69) is 21.0 Å². The molecule has 0 radical (unpaired) electrons. The van der Waals surface area contributed by atoms with E-state index in [1.807, 2.05) is 12.4 Å². The standard InChI is InChI=1S/C12H14N4/c13-5-3-8-7-15-11-2-1-10-9(4-6-14-10)12(11)16-8/h4,6-7,14H,1-3,5,13H2. The average Bonchev–Trinajstić information content (AvgIpc) is 2.78. The Hall–Kier alpha value is -1.68. The zero-order chi connectivity index (χ0) is 11.0. The Kier molecular flexibility index (Phi) is 2.22. The molecule has 0 amide bonds. The largest absolute Gasteiger partial charge is 0.364 e. The number of nitrogens with zero attached hydrogens (tertiary/aromatic N) is 2. The van der Waals surface area contributed by atoms with E-state index in [4.69, 9.17) is 5.73 Å². The topological polar surface area (TPSA) is 67.6 Å². The van der Waals surface area contributed by atoms with Crippen molar-refractivity contribution in [3.63, 3.8) is 0 Å². The summed E-state index contributed by atoms with van der Waals surface area (Å²) in [6, 6.07) is 2.08. The lowest BCUT2D eigenvalue weighted by Gasteiger charge is -2.15. The Labute approximate surface area is 93.9 Å². The van der Waals surface area contributed by atoms with Gasteiger partial charge in [0.1, 0.15) is 0 Å². The van der Waals surface area contributed by atoms with Crippen LogP contribution in [0, 0.1) is 0 Å². The number of aryl methyl sites for hydroxylation is 2. The van der Waals surface area contributed by atoms with Crippen LogP contribution in [0.3, 0.4) is 0 Å². The summed E-state index contributed by atoms with van der Waals surface area (Å²) in [4.78, 5) is 12.4. The second-order valence-corrected chi connectivity index (χ2v) is 4.07. The van der Waals surface area contributed by atoms with E-state index in [0.717, 1.165) is 36.3 Å². The van der Waals surface area contributed by atoms with Gasteiger partial charge in [-0.3, -0.25) is 4.98 Å². The van der Waals surface area contributed by atoms with Crippen LogP contribution in [0.1, 0.15) is 17.1 Å². The number of hydrogen-bond donors (Lipinski definition) is 2. The van der Waals surface area contributed by atoms with E-state index >= 15 is 0 Å². The van der Waals surface area contributed by atoms with Gasteiger partial charge in [-0.05, 0) is 25.5 Å². The van der Waals surface area contributed by atoms with Gasteiger partial charge in [0.2, 0.25) is 0 Å². The van der Waals surface area contributed by atoms with Crippen LogP contribution in [0.5, 0.6) is 0 Å². The number of hydrogen-bond acceptors (Lipinski definition) is 3. The first-order valence-corrected chi connectivity index (χ1v) is 5.60. The molecule has 0 fully saturated rings. The Bertz CT molecular complexity index is 515. The highest BCUT2D eigenvalue weighted by Gasteiger charge is 2.19. The van der Waals surface area contributed by atoms with Crippen molar-refractivity contribution in [2.75, 3.05) is 6.54 Å². The van der Waals surface area contributed by atoms with Gasteiger partial charge in [-0.15, -0.1) is 0 Å². The molecule has 3 rings (SSSR count). The minimum atomic E-state index is 0.619. The number of aromatic amines is 1. The zero-order valence-corrected chi connectivity index (χ0v) is 9.03. The van der Waals surface area contributed by atoms with Gasteiger partial charge in [-0.1, -0.05) is 0 Å². The van der Waals surface area contributed by atoms with Gasteiger partial charge in [-0.25, -0.2) is 4.98 Å². The molecule has 0 aromatic carbocycles. The van der Waals surface area contributed by atoms with Crippen molar-refractivity contribution in [1.82, 2.24) is 15.0 Å². The molecule has 1 aliphatic carbocycles. The molecular weight excluding hydrogens is 200 g/mol. The Morgan fingerprint density at radius 3 is 3.19 bits per heavy atom. The summed E-state index contributed by atoms with van der Waals surface area (Å²) in [5, 5.41) is 0. The maximum absolute atomic E-state index is 5.54. The molecule has 2 aromatic rings. The smallest absolute Gasteiger partial charge is 0.0938 e. The third kappa shape index (κ3) is 1.42. The van der Waals surface area contributed by atoms with Crippen LogP contribution in [0.4, 0.5) is 0 Å². The highest BCUT2D eigenvalue weighted by atomic mass is 14.8. The lowest BCUT2D eigenvalue weighted by atomic mass is 9.98. The van der Waals surface area contributed by atoms with E-state index in [-0.39, 0.29) is 0 Å². The highest BCUT2D eigenvalue weighted by Crippen LogP contribution is 2.29.